The Morgan fingerprint density at radius 1 is 1.56 bits per heavy atom. The van der Waals surface area contributed by atoms with E-state index in [1.807, 2.05) is 11.7 Å². The first-order chi connectivity index (χ1) is 4.47. The maximum Gasteiger partial charge on any atom is 0.0794 e. The van der Waals surface area contributed by atoms with Crippen LogP contribution < -0.4 is 0 Å². The topological polar surface area (TPSA) is 12.9 Å². The Hall–Kier alpha value is -0.370. The smallest absolute Gasteiger partial charge is 0.0794 e. The second kappa shape index (κ2) is 2.10. The van der Waals surface area contributed by atoms with Gasteiger partial charge in [0.2, 0.25) is 0 Å². The van der Waals surface area contributed by atoms with Crippen molar-refractivity contribution in [2.45, 2.75) is 25.2 Å². The molecule has 48 valence electrons. The first-order valence-electron chi connectivity index (χ1n) is 3.35. The first-order valence-corrected chi connectivity index (χ1v) is 4.23. The molecular weight excluding hydrogens is 130 g/mol. The lowest BCUT2D eigenvalue weighted by Crippen LogP contribution is -2.06. The average Bonchev–Trinajstić information content (AvgIpc) is 2.11. The molecular formula is C7H9NS. The fourth-order valence-corrected chi connectivity index (χ4v) is 1.91. The number of hydrogen-bond acceptors (Lipinski definition) is 2. The predicted octanol–water partition coefficient (Wildman–Crippen LogP) is 2.41. The van der Waals surface area contributed by atoms with Crippen LogP contribution in [0.25, 0.3) is 0 Å². The molecule has 0 spiro atoms. The molecule has 1 fully saturated rings. The Kier molecular flexibility index (Phi) is 1.27. The van der Waals surface area contributed by atoms with Gasteiger partial charge in [-0.15, -0.1) is 11.3 Å². The van der Waals surface area contributed by atoms with Gasteiger partial charge in [0.05, 0.1) is 5.51 Å². The molecule has 1 aliphatic rings. The summed E-state index contributed by atoms with van der Waals surface area (Å²) in [5.74, 6) is 0.873. The van der Waals surface area contributed by atoms with Crippen molar-refractivity contribution in [2.75, 3.05) is 0 Å². The van der Waals surface area contributed by atoms with Gasteiger partial charge in [0.25, 0.3) is 0 Å². The zero-order chi connectivity index (χ0) is 6.10. The number of aromatic nitrogens is 1. The third-order valence-corrected chi connectivity index (χ3v) is 2.90. The lowest BCUT2D eigenvalue weighted by atomic mass is 9.85. The van der Waals surface area contributed by atoms with E-state index < -0.39 is 0 Å². The van der Waals surface area contributed by atoms with E-state index in [1.54, 1.807) is 11.3 Å². The molecule has 1 aliphatic carbocycles. The molecule has 0 radical (unpaired) electrons. The van der Waals surface area contributed by atoms with Gasteiger partial charge in [-0.2, -0.15) is 0 Å². The van der Waals surface area contributed by atoms with Gasteiger partial charge in [-0.05, 0) is 18.8 Å². The van der Waals surface area contributed by atoms with E-state index in [-0.39, 0.29) is 0 Å². The van der Waals surface area contributed by atoms with Gasteiger partial charge in [0, 0.05) is 11.1 Å². The predicted molar refractivity (Wildman–Crippen MR) is 38.7 cm³/mol. The van der Waals surface area contributed by atoms with Crippen LogP contribution in [0.2, 0.25) is 0 Å². The highest BCUT2D eigenvalue weighted by atomic mass is 32.1. The normalized spacial score (nSPS) is 19.6. The molecule has 0 unspecified atom stereocenters. The largest absolute Gasteiger partial charge is 0.253 e. The Balaban J connectivity index is 2.14. The number of nitrogens with zero attached hydrogens (tertiary/aromatic N) is 1. The molecule has 0 saturated heterocycles. The van der Waals surface area contributed by atoms with Crippen LogP contribution in [0.5, 0.6) is 0 Å². The summed E-state index contributed by atoms with van der Waals surface area (Å²) in [5.41, 5.74) is 1.92. The third-order valence-electron chi connectivity index (χ3n) is 1.96. The van der Waals surface area contributed by atoms with Gasteiger partial charge >= 0.3 is 0 Å². The molecule has 0 N–H and O–H groups in total. The minimum absolute atomic E-state index is 0.873. The maximum atomic E-state index is 4.04. The van der Waals surface area contributed by atoms with Gasteiger partial charge in [0.15, 0.2) is 0 Å². The van der Waals surface area contributed by atoms with Crippen molar-refractivity contribution in [1.82, 2.24) is 4.98 Å². The zero-order valence-electron chi connectivity index (χ0n) is 5.21. The van der Waals surface area contributed by atoms with Crippen LogP contribution in [-0.4, -0.2) is 4.98 Å². The molecule has 2 heteroatoms. The van der Waals surface area contributed by atoms with Gasteiger partial charge in [-0.25, -0.2) is 0 Å². The number of rotatable bonds is 1. The summed E-state index contributed by atoms with van der Waals surface area (Å²) < 4.78 is 0. The maximum absolute atomic E-state index is 4.04. The van der Waals surface area contributed by atoms with Gasteiger partial charge < -0.3 is 0 Å². The molecule has 0 aromatic carbocycles. The van der Waals surface area contributed by atoms with Crippen molar-refractivity contribution in [3.8, 4) is 0 Å². The van der Waals surface area contributed by atoms with E-state index in [2.05, 4.69) is 4.98 Å². The van der Waals surface area contributed by atoms with Gasteiger partial charge in [-0.3, -0.25) is 4.98 Å². The van der Waals surface area contributed by atoms with Crippen molar-refractivity contribution in [2.24, 2.45) is 0 Å². The summed E-state index contributed by atoms with van der Waals surface area (Å²) in [6.07, 6.45) is 6.21. The van der Waals surface area contributed by atoms with Crippen LogP contribution >= 0.6 is 11.3 Å². The average molecular weight is 139 g/mol. The highest BCUT2D eigenvalue weighted by molar-refractivity contribution is 7.09. The van der Waals surface area contributed by atoms with Gasteiger partial charge in [0.1, 0.15) is 0 Å². The zero-order valence-corrected chi connectivity index (χ0v) is 6.03. The molecule has 1 heterocycles. The van der Waals surface area contributed by atoms with Gasteiger partial charge in [-0.1, -0.05) is 6.42 Å². The lowest BCUT2D eigenvalue weighted by molar-refractivity contribution is 0.425. The second-order valence-corrected chi connectivity index (χ2v) is 3.45. The first kappa shape index (κ1) is 5.42. The van der Waals surface area contributed by atoms with E-state index in [0.29, 0.717) is 0 Å². The molecule has 1 aromatic heterocycles. The minimum atomic E-state index is 0.873. The van der Waals surface area contributed by atoms with Crippen molar-refractivity contribution in [1.29, 1.82) is 0 Å². The van der Waals surface area contributed by atoms with E-state index in [0.717, 1.165) is 5.92 Å². The molecule has 1 aromatic rings. The van der Waals surface area contributed by atoms with Crippen LogP contribution in [0.4, 0.5) is 0 Å². The Bertz CT molecular complexity index is 177. The summed E-state index contributed by atoms with van der Waals surface area (Å²) in [6.45, 7) is 0. The summed E-state index contributed by atoms with van der Waals surface area (Å²) in [7, 11) is 0. The number of thiazole rings is 1. The Morgan fingerprint density at radius 2 is 2.44 bits per heavy atom. The van der Waals surface area contributed by atoms with Crippen LogP contribution in [0.3, 0.4) is 0 Å². The SMILES string of the molecule is c1ncc(C2CCC2)s1. The fourth-order valence-electron chi connectivity index (χ4n) is 1.12. The third kappa shape index (κ3) is 0.874. The molecule has 0 aliphatic heterocycles. The lowest BCUT2D eigenvalue weighted by Gasteiger charge is -2.23. The summed E-state index contributed by atoms with van der Waals surface area (Å²) in [5, 5.41) is 0. The van der Waals surface area contributed by atoms with E-state index in [4.69, 9.17) is 0 Å². The molecule has 1 saturated carbocycles. The van der Waals surface area contributed by atoms with Crippen LogP contribution in [0.15, 0.2) is 11.7 Å². The quantitative estimate of drug-likeness (QED) is 0.582. The van der Waals surface area contributed by atoms with E-state index in [9.17, 15) is 0 Å². The summed E-state index contributed by atoms with van der Waals surface area (Å²) >= 11 is 1.80. The Morgan fingerprint density at radius 3 is 2.89 bits per heavy atom. The van der Waals surface area contributed by atoms with Crippen molar-refractivity contribution < 1.29 is 0 Å². The monoisotopic (exact) mass is 139 g/mol. The summed E-state index contributed by atoms with van der Waals surface area (Å²) in [6, 6.07) is 0. The molecule has 0 atom stereocenters. The van der Waals surface area contributed by atoms with Crippen LogP contribution in [0, 0.1) is 0 Å². The molecule has 2 rings (SSSR count). The summed E-state index contributed by atoms with van der Waals surface area (Å²) in [4.78, 5) is 5.53. The van der Waals surface area contributed by atoms with Crippen LogP contribution in [0.1, 0.15) is 30.1 Å². The fraction of sp³-hybridized carbons (Fsp3) is 0.571. The standard InChI is InChI=1S/C7H9NS/c1-2-6(3-1)7-4-8-5-9-7/h4-6H,1-3H2. The molecule has 0 amide bonds. The number of hydrogen-bond donors (Lipinski definition) is 0. The van der Waals surface area contributed by atoms with Crippen LogP contribution in [-0.2, 0) is 0 Å². The second-order valence-electron chi connectivity index (χ2n) is 2.53. The van der Waals surface area contributed by atoms with Crippen molar-refractivity contribution in [3.05, 3.63) is 16.6 Å². The van der Waals surface area contributed by atoms with Crippen molar-refractivity contribution >= 4 is 11.3 Å². The van der Waals surface area contributed by atoms with E-state index >= 15 is 0 Å². The highest BCUT2D eigenvalue weighted by Gasteiger charge is 2.19. The van der Waals surface area contributed by atoms with Crippen molar-refractivity contribution in [3.63, 3.8) is 0 Å². The van der Waals surface area contributed by atoms with E-state index in [1.165, 1.54) is 24.1 Å². The Labute approximate surface area is 58.7 Å². The minimum Gasteiger partial charge on any atom is -0.253 e. The molecule has 1 nitrogen and oxygen atoms in total. The molecule has 0 bridgehead atoms. The highest BCUT2D eigenvalue weighted by Crippen LogP contribution is 2.37. The molecule has 9 heavy (non-hydrogen) atoms.